The maximum absolute atomic E-state index is 12.6. The van der Waals surface area contributed by atoms with Gasteiger partial charge in [0.25, 0.3) is 0 Å². The summed E-state index contributed by atoms with van der Waals surface area (Å²) in [6, 6.07) is 0. The van der Waals surface area contributed by atoms with Crippen LogP contribution in [-0.2, 0) is 66.8 Å². The Kier molecular flexibility index (Phi) is 64.7. The van der Waals surface area contributed by atoms with Gasteiger partial charge in [0.15, 0.2) is 0 Å². The molecule has 16 nitrogen and oxygen atoms in total. The number of aliphatic carboxylic acids is 2. The third kappa shape index (κ3) is 31.9. The van der Waals surface area contributed by atoms with E-state index >= 15 is 0 Å². The van der Waals surface area contributed by atoms with Gasteiger partial charge in [0.1, 0.15) is 34.6 Å². The molecule has 2 saturated heterocycles. The predicted molar refractivity (Wildman–Crippen MR) is 486 cm³/mol. The topological polar surface area (TPSA) is 232 Å². The first-order valence-electron chi connectivity index (χ1n) is 36.7. The maximum atomic E-state index is 12.6. The zero-order chi connectivity index (χ0) is 71.6. The van der Waals surface area contributed by atoms with Crippen molar-refractivity contribution in [2.24, 2.45) is 90.7 Å². The van der Waals surface area contributed by atoms with Crippen molar-refractivity contribution in [3.8, 4) is 0 Å². The molecule has 112 heavy (non-hydrogen) atoms. The molecular weight excluding hydrogens is 1410 g/mol. The molecule has 0 aromatic carbocycles. The van der Waals surface area contributed by atoms with E-state index in [9.17, 15) is 38.4 Å². The van der Waals surface area contributed by atoms with Crippen LogP contribution in [0.2, 0.25) is 0 Å². The highest BCUT2D eigenvalue weighted by Crippen LogP contribution is 2.66. The lowest BCUT2D eigenvalue weighted by atomic mass is 9.46. The van der Waals surface area contributed by atoms with Crippen LogP contribution >= 0.6 is 0 Å². The maximum Gasteiger partial charge on any atom is 0.312 e. The van der Waals surface area contributed by atoms with Gasteiger partial charge in [-0.2, -0.15) is 0 Å². The molecule has 2 N–H and O–H groups in total. The molecule has 0 spiro atoms. The molecule has 12 bridgehead atoms. The summed E-state index contributed by atoms with van der Waals surface area (Å²) in [6.45, 7) is 46.7. The number of esters is 6. The van der Waals surface area contributed by atoms with Gasteiger partial charge < -0.3 is 38.6 Å². The van der Waals surface area contributed by atoms with Gasteiger partial charge in [-0.05, 0) is 301 Å². The van der Waals surface area contributed by atoms with Crippen LogP contribution in [-0.4, -0.2) is 92.6 Å². The molecule has 0 aromatic heterocycles. The molecule has 12 aliphatic rings. The number of carbonyl (C=O) groups excluding carboxylic acids is 6. The minimum atomic E-state index is -0.722. The number of hydrogen-bond acceptors (Lipinski definition) is 14. The van der Waals surface area contributed by atoms with E-state index in [4.69, 9.17) is 38.6 Å². The summed E-state index contributed by atoms with van der Waals surface area (Å²) in [5.74, 6) is 3.28. The number of carbonyl (C=O) groups is 8. The van der Waals surface area contributed by atoms with E-state index in [2.05, 4.69) is 41.5 Å². The summed E-state index contributed by atoms with van der Waals surface area (Å²) < 4.78 is 34.3. The SMILES string of the molecule is C.C.C.C.C.C.C.C.C.C.C.C.C.C.C.C.C.C.CCC(C)(C)C(=O)O.CCC(C)(C)C(=O)O.CCC(C)(C)C(=O)OC(C)(C)C12CC3CC(CC(C3)C1)C2.CCC(C)(C)C(=O)OC(C)(C)C12CC3CC(CC(C3)C1)C2.CCC(C)(C)C(=O)OC1(C)CCC2CC1(C)OC2=O.CCC(C)(C)C(=O)OC1CCC2CC1OC2=O. The van der Waals surface area contributed by atoms with Crippen molar-refractivity contribution in [1.29, 1.82) is 0 Å². The average molecular weight is 1610 g/mol. The number of carboxylic acid groups (broad SMARTS) is 2. The van der Waals surface area contributed by atoms with Crippen LogP contribution in [0.3, 0.4) is 0 Å². The second-order valence-electron chi connectivity index (χ2n) is 36.4. The fraction of sp³-hybridized carbons (Fsp3) is 0.917. The first kappa shape index (κ1) is 140. The summed E-state index contributed by atoms with van der Waals surface area (Å²) >= 11 is 0. The number of rotatable bonds is 18. The minimum absolute atomic E-state index is 0. The zero-order valence-corrected chi connectivity index (χ0v) is 63.4. The smallest absolute Gasteiger partial charge is 0.312 e. The molecule has 12 fully saturated rings. The number of hydrogen-bond donors (Lipinski definition) is 2. The van der Waals surface area contributed by atoms with Gasteiger partial charge in [-0.15, -0.1) is 0 Å². The molecule has 0 aromatic rings. The van der Waals surface area contributed by atoms with Gasteiger partial charge in [-0.1, -0.05) is 175 Å². The average Bonchev–Trinajstić information content (AvgIpc) is 0.991. The molecule has 6 unspecified atom stereocenters. The molecule has 2 heterocycles. The van der Waals surface area contributed by atoms with Gasteiger partial charge in [0.2, 0.25) is 0 Å². The number of fused-ring (bicyclic) bond motifs is 4. The Hall–Kier alpha value is -4.24. The van der Waals surface area contributed by atoms with Crippen LogP contribution in [0.5, 0.6) is 0 Å². The van der Waals surface area contributed by atoms with E-state index in [1.165, 1.54) is 77.0 Å². The lowest BCUT2D eigenvalue weighted by molar-refractivity contribution is -0.206. The third-order valence-corrected chi connectivity index (χ3v) is 26.3. The zero-order valence-electron chi connectivity index (χ0n) is 63.4. The van der Waals surface area contributed by atoms with Gasteiger partial charge in [0.05, 0.1) is 44.3 Å². The fourth-order valence-corrected chi connectivity index (χ4v) is 16.3. The fourth-order valence-electron chi connectivity index (χ4n) is 16.3. The Morgan fingerprint density at radius 2 is 0.643 bits per heavy atom. The van der Waals surface area contributed by atoms with E-state index in [0.717, 1.165) is 80.5 Å². The second-order valence-corrected chi connectivity index (χ2v) is 36.4. The third-order valence-electron chi connectivity index (χ3n) is 26.3. The highest BCUT2D eigenvalue weighted by Gasteiger charge is 2.63. The second kappa shape index (κ2) is 51.8. The van der Waals surface area contributed by atoms with Crippen molar-refractivity contribution in [2.45, 2.75) is 489 Å². The molecule has 0 radical (unpaired) electrons. The molecule has 12 rings (SSSR count). The first-order valence-corrected chi connectivity index (χ1v) is 36.7. The van der Waals surface area contributed by atoms with E-state index in [-0.39, 0.29) is 226 Å². The Labute approximate surface area is 700 Å². The number of carboxylic acids is 2. The lowest BCUT2D eigenvalue weighted by Gasteiger charge is -2.61. The molecule has 6 atom stereocenters. The minimum Gasteiger partial charge on any atom is -0.481 e. The van der Waals surface area contributed by atoms with Crippen LogP contribution in [0.1, 0.15) is 454 Å². The van der Waals surface area contributed by atoms with Crippen LogP contribution in [0.25, 0.3) is 0 Å². The molecule has 684 valence electrons. The number of ether oxygens (including phenoxy) is 6. The molecule has 16 heteroatoms. The molecule has 0 amide bonds. The Bertz CT molecular complexity index is 2510. The van der Waals surface area contributed by atoms with Crippen molar-refractivity contribution in [3.63, 3.8) is 0 Å². The highest BCUT2D eigenvalue weighted by molar-refractivity contribution is 5.80. The van der Waals surface area contributed by atoms with E-state index in [1.54, 1.807) is 27.7 Å². The first-order chi connectivity index (χ1) is 42.9. The van der Waals surface area contributed by atoms with E-state index in [0.29, 0.717) is 32.1 Å². The molecule has 2 aliphatic heterocycles. The Morgan fingerprint density at radius 3 is 0.911 bits per heavy atom. The Balaban J connectivity index is -0.0000000853. The van der Waals surface area contributed by atoms with E-state index in [1.807, 2.05) is 96.9 Å². The van der Waals surface area contributed by atoms with E-state index < -0.39 is 44.8 Å². The quantitative estimate of drug-likeness (QED) is 0.0959. The predicted octanol–water partition coefficient (Wildman–Crippen LogP) is 29.3. The largest absolute Gasteiger partial charge is 0.481 e. The van der Waals surface area contributed by atoms with Crippen molar-refractivity contribution >= 4 is 47.8 Å². The van der Waals surface area contributed by atoms with Crippen LogP contribution in [0.15, 0.2) is 0 Å². The van der Waals surface area contributed by atoms with Crippen molar-refractivity contribution < 1.29 is 77.0 Å². The van der Waals surface area contributed by atoms with Gasteiger partial charge in [-0.3, -0.25) is 38.4 Å². The Morgan fingerprint density at radius 1 is 0.366 bits per heavy atom. The highest BCUT2D eigenvalue weighted by atomic mass is 16.6. The molecular formula is C96H204O16. The van der Waals surface area contributed by atoms with Crippen LogP contribution in [0.4, 0.5) is 0 Å². The van der Waals surface area contributed by atoms with Crippen LogP contribution in [0, 0.1) is 90.7 Å². The van der Waals surface area contributed by atoms with Crippen molar-refractivity contribution in [2.75, 3.05) is 0 Å². The van der Waals surface area contributed by atoms with Gasteiger partial charge in [-0.25, -0.2) is 0 Å². The lowest BCUT2D eigenvalue weighted by Crippen LogP contribution is -2.58. The van der Waals surface area contributed by atoms with Crippen LogP contribution < -0.4 is 0 Å². The summed E-state index contributed by atoms with van der Waals surface area (Å²) in [6.07, 6.45) is 24.7. The summed E-state index contributed by atoms with van der Waals surface area (Å²) in [7, 11) is 0. The molecule has 10 saturated carbocycles. The van der Waals surface area contributed by atoms with Crippen molar-refractivity contribution in [3.05, 3.63) is 0 Å². The van der Waals surface area contributed by atoms with Gasteiger partial charge in [0, 0.05) is 23.7 Å². The monoisotopic (exact) mass is 1610 g/mol. The molecule has 10 aliphatic carbocycles. The summed E-state index contributed by atoms with van der Waals surface area (Å²) in [5.41, 5.74) is -4.27. The summed E-state index contributed by atoms with van der Waals surface area (Å²) in [4.78, 5) is 93.0. The van der Waals surface area contributed by atoms with Gasteiger partial charge >= 0.3 is 47.8 Å². The standard InChI is InChI=1S/2C19H32O2.C15H24O4.C13H20O4.2C6H12O2.18CH4/c2*1-6-17(2,3)16(20)21-18(4,5)19-10-13-7-14(11-19)9-15(8-13)12-19;1-6-13(2,3)12(17)19-14(4)8-7-10-9-15(14,5)18-11(10)16;1-4-13(2,3)12(15)17-9-6-5-8-7-10(9)16-11(8)14;2*1-4-6(2,3)5(7)8;;;;;;;;;;;;;;;;;;/h2*13-15H,6-12H2,1-5H3;10H,6-9H2,1-5H3;8-10H,4-7H2,1-3H3;2*4H2,1-3H3,(H,7,8);18*1H4. The normalized spacial score (nSPS) is 27.4. The summed E-state index contributed by atoms with van der Waals surface area (Å²) in [5, 5.41) is 16.9. The van der Waals surface area contributed by atoms with Crippen molar-refractivity contribution in [1.82, 2.24) is 0 Å².